The zero-order chi connectivity index (χ0) is 36.1. The van der Waals surface area contributed by atoms with E-state index in [1.165, 1.54) is 24.3 Å². The molecule has 0 aromatic heterocycles. The van der Waals surface area contributed by atoms with E-state index in [2.05, 4.69) is 0 Å². The van der Waals surface area contributed by atoms with Gasteiger partial charge in [-0.15, -0.1) is 0 Å². The van der Waals surface area contributed by atoms with Gasteiger partial charge >= 0.3 is 12.4 Å². The van der Waals surface area contributed by atoms with Crippen LogP contribution in [-0.4, -0.2) is 0 Å². The first-order valence-corrected chi connectivity index (χ1v) is 14.2. The van der Waals surface area contributed by atoms with Gasteiger partial charge in [-0.2, -0.15) is 57.9 Å². The number of hydrogen-bond donors (Lipinski definition) is 0. The van der Waals surface area contributed by atoms with E-state index in [1.54, 1.807) is 24.3 Å². The summed E-state index contributed by atoms with van der Waals surface area (Å²) in [7, 11) is 0. The molecule has 0 radical (unpaired) electrons. The highest BCUT2D eigenvalue weighted by atomic mass is 19.4. The molecule has 0 atom stereocenters. The average molecular weight is 667 g/mol. The lowest BCUT2D eigenvalue weighted by molar-refractivity contribution is -0.138. The number of hydrogen-bond acceptors (Lipinski definition) is 6. The monoisotopic (exact) mass is 666 g/mol. The van der Waals surface area contributed by atoms with Gasteiger partial charge in [0.05, 0.1) is 34.4 Å². The van der Waals surface area contributed by atoms with Gasteiger partial charge in [-0.3, -0.25) is 0 Å². The molecule has 2 aliphatic rings. The third kappa shape index (κ3) is 4.85. The highest BCUT2D eigenvalue weighted by molar-refractivity contribution is 6.39. The Morgan fingerprint density at radius 3 is 1.10 bits per heavy atom. The zero-order valence-corrected chi connectivity index (χ0v) is 24.9. The summed E-state index contributed by atoms with van der Waals surface area (Å²) >= 11 is 0. The Balaban J connectivity index is 1.77. The van der Waals surface area contributed by atoms with Gasteiger partial charge in [0.15, 0.2) is 0 Å². The first-order valence-electron chi connectivity index (χ1n) is 14.2. The summed E-state index contributed by atoms with van der Waals surface area (Å²) in [4.78, 5) is 0. The number of halogens is 6. The van der Waals surface area contributed by atoms with Gasteiger partial charge in [0.1, 0.15) is 35.4 Å². The molecule has 0 amide bonds. The third-order valence-electron chi connectivity index (χ3n) is 8.38. The van der Waals surface area contributed by atoms with E-state index in [9.17, 15) is 57.9 Å². The Kier molecular flexibility index (Phi) is 7.62. The number of benzene rings is 4. The van der Waals surface area contributed by atoms with Crippen molar-refractivity contribution in [1.29, 1.82) is 31.6 Å². The predicted octanol–water partition coefficient (Wildman–Crippen LogP) is 9.34. The van der Waals surface area contributed by atoms with Crippen LogP contribution in [0.4, 0.5) is 26.3 Å². The molecule has 0 unspecified atom stereocenters. The van der Waals surface area contributed by atoms with Crippen LogP contribution in [0.15, 0.2) is 83.9 Å². The van der Waals surface area contributed by atoms with Crippen LogP contribution in [0.25, 0.3) is 44.5 Å². The summed E-state index contributed by atoms with van der Waals surface area (Å²) in [5.74, 6) is 0. The van der Waals surface area contributed by atoms with Gasteiger partial charge in [0.25, 0.3) is 0 Å². The molecular weight excluding hydrogens is 654 g/mol. The van der Waals surface area contributed by atoms with Gasteiger partial charge in [0.2, 0.25) is 0 Å². The lowest BCUT2D eigenvalue weighted by atomic mass is 9.84. The van der Waals surface area contributed by atoms with Crippen molar-refractivity contribution in [2.45, 2.75) is 12.4 Å². The number of rotatable bonds is 2. The topological polar surface area (TPSA) is 143 Å². The molecule has 6 rings (SSSR count). The van der Waals surface area contributed by atoms with Crippen LogP contribution in [0.5, 0.6) is 0 Å². The van der Waals surface area contributed by atoms with E-state index in [4.69, 9.17) is 0 Å². The number of alkyl halides is 6. The van der Waals surface area contributed by atoms with E-state index < -0.39 is 45.8 Å². The molecule has 4 aromatic carbocycles. The van der Waals surface area contributed by atoms with E-state index in [1.807, 2.05) is 24.3 Å². The summed E-state index contributed by atoms with van der Waals surface area (Å²) in [6, 6.07) is 25.6. The largest absolute Gasteiger partial charge is 0.417 e. The molecule has 0 N–H and O–H groups in total. The number of fused-ring (bicyclic) bond motifs is 4. The highest BCUT2D eigenvalue weighted by Gasteiger charge is 2.43. The summed E-state index contributed by atoms with van der Waals surface area (Å²) < 4.78 is 82.2. The Morgan fingerprint density at radius 1 is 0.460 bits per heavy atom. The Hall–Kier alpha value is -7.38. The molecule has 0 heterocycles. The van der Waals surface area contributed by atoms with Crippen molar-refractivity contribution in [2.75, 3.05) is 0 Å². The fraction of sp³-hybridized carbons (Fsp3) is 0.0526. The second-order valence-electron chi connectivity index (χ2n) is 10.9. The molecular formula is C38H12F6N6. The number of allylic oxidation sites excluding steroid dienone is 6. The van der Waals surface area contributed by atoms with E-state index in [0.29, 0.717) is 0 Å². The lowest BCUT2D eigenvalue weighted by Crippen LogP contribution is -2.08. The summed E-state index contributed by atoms with van der Waals surface area (Å²) in [6.07, 6.45) is -9.67. The number of nitrogens with zero attached hydrogens (tertiary/aromatic N) is 6. The minimum Gasteiger partial charge on any atom is -0.192 e. The maximum atomic E-state index is 13.7. The standard InChI is InChI=1S/C38H12F6N6/c39-37(40,41)29-9-7-19(11-21(29)13-45)25-3-1-5-27-31(23(15-47)16-48)35-34-26(20-8-10-30(38(42,43)44)22(12-20)14-46)4-2-6-28(34)32(24(17-49)18-50)36(35)33(25)27/h1-12H. The van der Waals surface area contributed by atoms with Crippen molar-refractivity contribution < 1.29 is 26.3 Å². The van der Waals surface area contributed by atoms with Crippen LogP contribution in [0.3, 0.4) is 0 Å². The molecule has 0 fully saturated rings. The van der Waals surface area contributed by atoms with Crippen LogP contribution in [0, 0.1) is 68.0 Å². The van der Waals surface area contributed by atoms with Crippen molar-refractivity contribution >= 4 is 22.3 Å². The number of nitriles is 6. The van der Waals surface area contributed by atoms with Crippen LogP contribution in [0.2, 0.25) is 0 Å². The Morgan fingerprint density at radius 2 is 0.800 bits per heavy atom. The van der Waals surface area contributed by atoms with Crippen molar-refractivity contribution in [1.82, 2.24) is 0 Å². The van der Waals surface area contributed by atoms with Gasteiger partial charge in [-0.1, -0.05) is 48.5 Å². The molecule has 236 valence electrons. The Labute approximate surface area is 279 Å². The van der Waals surface area contributed by atoms with Crippen LogP contribution in [-0.2, 0) is 12.4 Å². The highest BCUT2D eigenvalue weighted by Crippen LogP contribution is 2.62. The first kappa shape index (κ1) is 32.6. The van der Waals surface area contributed by atoms with Crippen LogP contribution in [0.1, 0.15) is 44.5 Å². The molecule has 0 bridgehead atoms. The predicted molar refractivity (Wildman–Crippen MR) is 166 cm³/mol. The maximum Gasteiger partial charge on any atom is 0.417 e. The van der Waals surface area contributed by atoms with Crippen molar-refractivity contribution in [3.05, 3.63) is 128 Å². The summed E-state index contributed by atoms with van der Waals surface area (Å²) in [5.41, 5.74) is -2.26. The van der Waals surface area contributed by atoms with Crippen LogP contribution < -0.4 is 0 Å². The Bertz CT molecular complexity index is 2370. The molecule has 2 aliphatic carbocycles. The molecule has 12 heteroatoms. The molecule has 4 aromatic rings. The third-order valence-corrected chi connectivity index (χ3v) is 8.38. The van der Waals surface area contributed by atoms with Crippen molar-refractivity contribution in [3.8, 4) is 58.7 Å². The fourth-order valence-corrected chi connectivity index (χ4v) is 6.46. The summed E-state index contributed by atoms with van der Waals surface area (Å²) in [6.45, 7) is 0. The molecule has 0 spiro atoms. The molecule has 6 nitrogen and oxygen atoms in total. The average Bonchev–Trinajstić information content (AvgIpc) is 3.61. The van der Waals surface area contributed by atoms with Gasteiger partial charge in [-0.05, 0) is 68.8 Å². The van der Waals surface area contributed by atoms with Gasteiger partial charge < -0.3 is 0 Å². The maximum absolute atomic E-state index is 13.7. The normalized spacial score (nSPS) is 12.7. The second-order valence-corrected chi connectivity index (χ2v) is 10.9. The van der Waals surface area contributed by atoms with E-state index in [0.717, 1.165) is 36.4 Å². The molecule has 0 aliphatic heterocycles. The fourth-order valence-electron chi connectivity index (χ4n) is 6.46. The first-order chi connectivity index (χ1) is 23.8. The quantitative estimate of drug-likeness (QED) is 0.154. The molecule has 0 saturated carbocycles. The van der Waals surface area contributed by atoms with Crippen molar-refractivity contribution in [2.24, 2.45) is 0 Å². The van der Waals surface area contributed by atoms with Gasteiger partial charge in [0, 0.05) is 22.3 Å². The smallest absolute Gasteiger partial charge is 0.192 e. The zero-order valence-electron chi connectivity index (χ0n) is 24.9. The van der Waals surface area contributed by atoms with Crippen LogP contribution >= 0.6 is 0 Å². The van der Waals surface area contributed by atoms with Gasteiger partial charge in [-0.25, -0.2) is 0 Å². The second kappa shape index (κ2) is 11.7. The van der Waals surface area contributed by atoms with E-state index in [-0.39, 0.29) is 66.8 Å². The summed E-state index contributed by atoms with van der Waals surface area (Å²) in [5, 5.41) is 59.7. The minimum absolute atomic E-state index is 0.0561. The lowest BCUT2D eigenvalue weighted by Gasteiger charge is -2.18. The molecule has 0 saturated heterocycles. The minimum atomic E-state index is -4.83. The molecule has 50 heavy (non-hydrogen) atoms. The van der Waals surface area contributed by atoms with Crippen molar-refractivity contribution in [3.63, 3.8) is 0 Å². The SMILES string of the molecule is N#CC(C#N)=C1C2=C(C(=C(C#N)C#N)c3cccc(-c4ccc(C(F)(F)F)c(C#N)c4)c32)c2c1cccc2-c1ccc(C(F)(F)F)c(C#N)c1. The van der Waals surface area contributed by atoms with E-state index >= 15 is 0 Å².